The average Bonchev–Trinajstić information content (AvgIpc) is 3.00. The van der Waals surface area contributed by atoms with E-state index >= 15 is 0 Å². The summed E-state index contributed by atoms with van der Waals surface area (Å²) >= 11 is 0. The highest BCUT2D eigenvalue weighted by molar-refractivity contribution is 5.55. The van der Waals surface area contributed by atoms with Crippen molar-refractivity contribution in [2.45, 2.75) is 19.3 Å². The zero-order valence-corrected chi connectivity index (χ0v) is 13.1. The molecular weight excluding hydrogens is 286 g/mol. The van der Waals surface area contributed by atoms with Crippen LogP contribution in [0.25, 0.3) is 5.65 Å². The third-order valence-electron chi connectivity index (χ3n) is 4.36. The number of fused-ring (bicyclic) bond motifs is 1. The highest BCUT2D eigenvalue weighted by atomic mass is 15.4. The maximum absolute atomic E-state index is 4.65. The van der Waals surface area contributed by atoms with Crippen LogP contribution in [0.1, 0.15) is 20.0 Å². The van der Waals surface area contributed by atoms with Crippen LogP contribution in [0.15, 0.2) is 48.5 Å². The zero-order chi connectivity index (χ0) is 15.5. The molecular formula is C18H23N5. The fraction of sp³-hybridized carbons (Fsp3) is 0.333. The van der Waals surface area contributed by atoms with Gasteiger partial charge in [-0.15, -0.1) is 5.10 Å². The number of hydrogen-bond acceptors (Lipinski definition) is 4. The van der Waals surface area contributed by atoms with Gasteiger partial charge in [-0.25, -0.2) is 4.52 Å². The molecule has 23 heavy (non-hydrogen) atoms. The summed E-state index contributed by atoms with van der Waals surface area (Å²) in [6.07, 6.45) is 3.59. The standard InChI is InChI=1S/C18H21N5.H2/c1-2-7-15(8-3-1)20-18-21-17-10-4-9-16(23(17)22-18)12-14-6-5-11-19-13-14;/h1-4,7-10,14,19H,5-6,11-13H2,(H,20,22);1H. The van der Waals surface area contributed by atoms with Gasteiger partial charge < -0.3 is 10.6 Å². The Kier molecular flexibility index (Phi) is 3.94. The van der Waals surface area contributed by atoms with Gasteiger partial charge in [-0.2, -0.15) is 4.98 Å². The first kappa shape index (κ1) is 14.2. The lowest BCUT2D eigenvalue weighted by atomic mass is 9.94. The van der Waals surface area contributed by atoms with E-state index in [2.05, 4.69) is 32.8 Å². The molecule has 3 heterocycles. The number of hydrogen-bond donors (Lipinski definition) is 2. The second kappa shape index (κ2) is 6.38. The van der Waals surface area contributed by atoms with Crippen molar-refractivity contribution in [1.82, 2.24) is 19.9 Å². The SMILES string of the molecule is [HH].c1ccc(Nc2nc3cccc(CC4CCCNC4)n3n2)cc1. The number of piperidine rings is 1. The molecule has 5 heteroatoms. The van der Waals surface area contributed by atoms with Crippen molar-refractivity contribution in [3.8, 4) is 0 Å². The van der Waals surface area contributed by atoms with Crippen LogP contribution in [0.3, 0.4) is 0 Å². The van der Waals surface area contributed by atoms with E-state index in [1.165, 1.54) is 18.5 Å². The van der Waals surface area contributed by atoms with Gasteiger partial charge in [0.05, 0.1) is 0 Å². The van der Waals surface area contributed by atoms with Gasteiger partial charge in [0, 0.05) is 12.8 Å². The van der Waals surface area contributed by atoms with E-state index in [9.17, 15) is 0 Å². The average molecular weight is 309 g/mol. The molecule has 1 unspecified atom stereocenters. The van der Waals surface area contributed by atoms with Crippen LogP contribution >= 0.6 is 0 Å². The number of aromatic nitrogens is 3. The Hall–Kier alpha value is -2.40. The molecule has 1 fully saturated rings. The molecule has 1 aliphatic rings. The topological polar surface area (TPSA) is 54.2 Å². The summed E-state index contributed by atoms with van der Waals surface area (Å²) in [5, 5.41) is 11.4. The first-order chi connectivity index (χ1) is 11.4. The summed E-state index contributed by atoms with van der Waals surface area (Å²) in [6.45, 7) is 2.25. The van der Waals surface area contributed by atoms with E-state index < -0.39 is 0 Å². The van der Waals surface area contributed by atoms with Crippen molar-refractivity contribution in [3.63, 3.8) is 0 Å². The van der Waals surface area contributed by atoms with Gasteiger partial charge in [-0.3, -0.25) is 0 Å². The van der Waals surface area contributed by atoms with Crippen LogP contribution in [-0.2, 0) is 6.42 Å². The maximum Gasteiger partial charge on any atom is 0.247 e. The Bertz CT molecular complexity index is 780. The number of nitrogens with zero attached hydrogens (tertiary/aromatic N) is 3. The van der Waals surface area contributed by atoms with Crippen LogP contribution in [0.4, 0.5) is 11.6 Å². The maximum atomic E-state index is 4.65. The van der Waals surface area contributed by atoms with E-state index in [1.807, 2.05) is 40.9 Å². The minimum atomic E-state index is 0. The first-order valence-corrected chi connectivity index (χ1v) is 8.26. The fourth-order valence-electron chi connectivity index (χ4n) is 3.21. The normalized spacial score (nSPS) is 18.2. The number of pyridine rings is 1. The van der Waals surface area contributed by atoms with Gasteiger partial charge in [0.15, 0.2) is 5.65 Å². The van der Waals surface area contributed by atoms with Crippen molar-refractivity contribution in [2.24, 2.45) is 5.92 Å². The summed E-state index contributed by atoms with van der Waals surface area (Å²) in [5.41, 5.74) is 3.12. The lowest BCUT2D eigenvalue weighted by Gasteiger charge is -2.22. The predicted molar refractivity (Wildman–Crippen MR) is 94.1 cm³/mol. The molecule has 0 spiro atoms. The molecule has 0 aliphatic carbocycles. The first-order valence-electron chi connectivity index (χ1n) is 8.26. The van der Waals surface area contributed by atoms with Crippen molar-refractivity contribution < 1.29 is 1.43 Å². The Morgan fingerprint density at radius 1 is 1.17 bits per heavy atom. The third kappa shape index (κ3) is 3.19. The molecule has 0 saturated carbocycles. The largest absolute Gasteiger partial charge is 0.323 e. The summed E-state index contributed by atoms with van der Waals surface area (Å²) in [4.78, 5) is 4.59. The molecule has 1 atom stereocenters. The third-order valence-corrected chi connectivity index (χ3v) is 4.36. The van der Waals surface area contributed by atoms with E-state index in [0.29, 0.717) is 11.9 Å². The fourth-order valence-corrected chi connectivity index (χ4v) is 3.21. The molecule has 120 valence electrons. The molecule has 3 aromatic rings. The molecule has 2 N–H and O–H groups in total. The smallest absolute Gasteiger partial charge is 0.247 e. The molecule has 2 aromatic heterocycles. The van der Waals surface area contributed by atoms with Crippen LogP contribution in [0.2, 0.25) is 0 Å². The summed E-state index contributed by atoms with van der Waals surface area (Å²) in [6, 6.07) is 16.3. The van der Waals surface area contributed by atoms with E-state index in [0.717, 1.165) is 30.8 Å². The Morgan fingerprint density at radius 2 is 2.09 bits per heavy atom. The molecule has 0 radical (unpaired) electrons. The Morgan fingerprint density at radius 3 is 2.91 bits per heavy atom. The van der Waals surface area contributed by atoms with Crippen molar-refractivity contribution >= 4 is 17.3 Å². The van der Waals surface area contributed by atoms with Gasteiger partial charge in [0.25, 0.3) is 0 Å². The van der Waals surface area contributed by atoms with Gasteiger partial charge in [-0.1, -0.05) is 24.3 Å². The minimum absolute atomic E-state index is 0. The number of nitrogens with one attached hydrogen (secondary N) is 2. The summed E-state index contributed by atoms with van der Waals surface area (Å²) < 4.78 is 1.97. The second-order valence-corrected chi connectivity index (χ2v) is 6.13. The monoisotopic (exact) mass is 309 g/mol. The van der Waals surface area contributed by atoms with E-state index in [4.69, 9.17) is 0 Å². The van der Waals surface area contributed by atoms with Crippen LogP contribution in [-0.4, -0.2) is 27.7 Å². The number of benzene rings is 1. The minimum Gasteiger partial charge on any atom is -0.323 e. The van der Waals surface area contributed by atoms with Crippen LogP contribution < -0.4 is 10.6 Å². The highest BCUT2D eigenvalue weighted by Crippen LogP contribution is 2.19. The number of para-hydroxylation sites is 1. The van der Waals surface area contributed by atoms with Gasteiger partial charge >= 0.3 is 0 Å². The van der Waals surface area contributed by atoms with Gasteiger partial charge in [0.2, 0.25) is 5.95 Å². The molecule has 5 nitrogen and oxygen atoms in total. The van der Waals surface area contributed by atoms with Crippen LogP contribution in [0.5, 0.6) is 0 Å². The molecule has 4 rings (SSSR count). The van der Waals surface area contributed by atoms with E-state index in [1.54, 1.807) is 0 Å². The molecule has 0 amide bonds. The van der Waals surface area contributed by atoms with Crippen molar-refractivity contribution in [2.75, 3.05) is 18.4 Å². The van der Waals surface area contributed by atoms with Crippen LogP contribution in [0, 0.1) is 5.92 Å². The summed E-state index contributed by atoms with van der Waals surface area (Å²) in [5.74, 6) is 1.33. The van der Waals surface area contributed by atoms with E-state index in [-0.39, 0.29) is 1.43 Å². The zero-order valence-electron chi connectivity index (χ0n) is 13.1. The van der Waals surface area contributed by atoms with Crippen molar-refractivity contribution in [1.29, 1.82) is 0 Å². The molecule has 1 aliphatic heterocycles. The quantitative estimate of drug-likeness (QED) is 0.777. The molecule has 1 aromatic carbocycles. The van der Waals surface area contributed by atoms with Crippen molar-refractivity contribution in [3.05, 3.63) is 54.2 Å². The molecule has 1 saturated heterocycles. The Labute approximate surface area is 137 Å². The lowest BCUT2D eigenvalue weighted by Crippen LogP contribution is -2.31. The number of anilines is 2. The number of rotatable bonds is 4. The van der Waals surface area contributed by atoms with Gasteiger partial charge in [0.1, 0.15) is 0 Å². The predicted octanol–water partition coefficient (Wildman–Crippen LogP) is 3.26. The van der Waals surface area contributed by atoms with Gasteiger partial charge in [-0.05, 0) is 62.5 Å². The molecule has 0 bridgehead atoms. The highest BCUT2D eigenvalue weighted by Gasteiger charge is 2.16. The lowest BCUT2D eigenvalue weighted by molar-refractivity contribution is 0.371. The second-order valence-electron chi connectivity index (χ2n) is 6.13. The summed E-state index contributed by atoms with van der Waals surface area (Å²) in [7, 11) is 0. The Balaban J connectivity index is 0.00000169.